The van der Waals surface area contributed by atoms with Crippen LogP contribution in [0.4, 0.5) is 0 Å². The van der Waals surface area contributed by atoms with Crippen molar-refractivity contribution in [3.05, 3.63) is 29.7 Å². The highest BCUT2D eigenvalue weighted by Gasteiger charge is 2.36. The van der Waals surface area contributed by atoms with E-state index >= 15 is 0 Å². The van der Waals surface area contributed by atoms with Gasteiger partial charge in [-0.2, -0.15) is 0 Å². The van der Waals surface area contributed by atoms with Crippen LogP contribution in [0.25, 0.3) is 6.08 Å². The van der Waals surface area contributed by atoms with Crippen LogP contribution in [0.1, 0.15) is 69.3 Å². The van der Waals surface area contributed by atoms with Crippen LogP contribution in [-0.2, 0) is 4.79 Å². The maximum atomic E-state index is 12.3. The molecule has 3 rings (SSSR count). The van der Waals surface area contributed by atoms with E-state index in [0.29, 0.717) is 12.0 Å². The van der Waals surface area contributed by atoms with Gasteiger partial charge in [0.05, 0.1) is 0 Å². The Morgan fingerprint density at radius 3 is 2.55 bits per heavy atom. The molecular formula is C19H27NO2. The summed E-state index contributed by atoms with van der Waals surface area (Å²) in [6, 6.07) is 4.42. The molecule has 2 aliphatic carbocycles. The average molecular weight is 301 g/mol. The Morgan fingerprint density at radius 1 is 1.23 bits per heavy atom. The fraction of sp³-hybridized carbons (Fsp3) is 0.632. The van der Waals surface area contributed by atoms with Gasteiger partial charge < -0.3 is 9.32 Å². The fourth-order valence-electron chi connectivity index (χ4n) is 3.47. The molecule has 0 saturated heterocycles. The van der Waals surface area contributed by atoms with Gasteiger partial charge >= 0.3 is 0 Å². The lowest BCUT2D eigenvalue weighted by Gasteiger charge is -2.26. The number of amides is 1. The van der Waals surface area contributed by atoms with Crippen molar-refractivity contribution >= 4 is 12.0 Å². The van der Waals surface area contributed by atoms with Crippen LogP contribution in [0.2, 0.25) is 0 Å². The first-order valence-corrected chi connectivity index (χ1v) is 8.70. The maximum absolute atomic E-state index is 12.3. The van der Waals surface area contributed by atoms with Gasteiger partial charge in [0.2, 0.25) is 5.91 Å². The lowest BCUT2D eigenvalue weighted by molar-refractivity contribution is -0.126. The van der Waals surface area contributed by atoms with E-state index in [1.54, 1.807) is 6.08 Å². The third-order valence-corrected chi connectivity index (χ3v) is 5.23. The normalized spacial score (nSPS) is 26.1. The molecule has 22 heavy (non-hydrogen) atoms. The number of nitrogens with zero attached hydrogens (tertiary/aromatic N) is 1. The van der Waals surface area contributed by atoms with Crippen molar-refractivity contribution < 1.29 is 9.21 Å². The summed E-state index contributed by atoms with van der Waals surface area (Å²) in [5.41, 5.74) is 0. The topological polar surface area (TPSA) is 33.5 Å². The SMILES string of the molecule is CC1CC1c1ccc(/C=C/C(=O)N(C)C2CCCCCC2)o1. The number of rotatable bonds is 4. The molecule has 2 atom stereocenters. The van der Waals surface area contributed by atoms with Gasteiger partial charge in [0.25, 0.3) is 0 Å². The first-order valence-electron chi connectivity index (χ1n) is 8.70. The van der Waals surface area contributed by atoms with Crippen LogP contribution >= 0.6 is 0 Å². The highest BCUT2D eigenvalue weighted by atomic mass is 16.3. The Bertz CT molecular complexity index is 537. The van der Waals surface area contributed by atoms with Gasteiger partial charge in [-0.15, -0.1) is 0 Å². The Kier molecular flexibility index (Phi) is 4.70. The second-order valence-electron chi connectivity index (χ2n) is 6.99. The van der Waals surface area contributed by atoms with Crippen LogP contribution in [0.3, 0.4) is 0 Å². The molecule has 2 unspecified atom stereocenters. The Hall–Kier alpha value is -1.51. The van der Waals surface area contributed by atoms with Crippen molar-refractivity contribution in [3.8, 4) is 0 Å². The smallest absolute Gasteiger partial charge is 0.246 e. The molecule has 0 spiro atoms. The molecule has 2 fully saturated rings. The van der Waals surface area contributed by atoms with Gasteiger partial charge in [-0.1, -0.05) is 32.6 Å². The first-order chi connectivity index (χ1) is 10.6. The minimum Gasteiger partial charge on any atom is -0.461 e. The van der Waals surface area contributed by atoms with Crippen LogP contribution in [0, 0.1) is 5.92 Å². The van der Waals surface area contributed by atoms with Gasteiger partial charge in [-0.25, -0.2) is 0 Å². The monoisotopic (exact) mass is 301 g/mol. The predicted molar refractivity (Wildman–Crippen MR) is 88.5 cm³/mol. The van der Waals surface area contributed by atoms with E-state index in [4.69, 9.17) is 4.42 Å². The van der Waals surface area contributed by atoms with Crippen molar-refractivity contribution in [2.45, 2.75) is 63.8 Å². The molecule has 0 radical (unpaired) electrons. The van der Waals surface area contributed by atoms with Crippen molar-refractivity contribution in [3.63, 3.8) is 0 Å². The van der Waals surface area contributed by atoms with Gasteiger partial charge in [0, 0.05) is 25.1 Å². The zero-order chi connectivity index (χ0) is 15.5. The van der Waals surface area contributed by atoms with E-state index in [9.17, 15) is 4.79 Å². The van der Waals surface area contributed by atoms with E-state index in [2.05, 4.69) is 6.92 Å². The number of carbonyl (C=O) groups excluding carboxylic acids is 1. The van der Waals surface area contributed by atoms with Crippen LogP contribution in [-0.4, -0.2) is 23.9 Å². The van der Waals surface area contributed by atoms with Gasteiger partial charge in [0.1, 0.15) is 11.5 Å². The number of carbonyl (C=O) groups is 1. The average Bonchev–Trinajstić information content (AvgIpc) is 3.17. The molecule has 0 bridgehead atoms. The summed E-state index contributed by atoms with van der Waals surface area (Å²) in [7, 11) is 1.93. The molecule has 1 aromatic heterocycles. The van der Waals surface area contributed by atoms with Crippen molar-refractivity contribution in [1.29, 1.82) is 0 Å². The Labute approximate surface area is 133 Å². The fourth-order valence-corrected chi connectivity index (χ4v) is 3.47. The lowest BCUT2D eigenvalue weighted by atomic mass is 10.1. The molecule has 0 aromatic carbocycles. The predicted octanol–water partition coefficient (Wildman–Crippen LogP) is 4.60. The lowest BCUT2D eigenvalue weighted by Crippen LogP contribution is -2.35. The number of furan rings is 1. The molecule has 120 valence electrons. The summed E-state index contributed by atoms with van der Waals surface area (Å²) in [5.74, 6) is 3.27. The highest BCUT2D eigenvalue weighted by Crippen LogP contribution is 2.47. The van der Waals surface area contributed by atoms with Crippen molar-refractivity contribution in [2.24, 2.45) is 5.92 Å². The van der Waals surface area contributed by atoms with E-state index in [-0.39, 0.29) is 5.91 Å². The Morgan fingerprint density at radius 2 is 1.91 bits per heavy atom. The summed E-state index contributed by atoms with van der Waals surface area (Å²) in [6.07, 6.45) is 12.1. The molecule has 1 heterocycles. The molecular weight excluding hydrogens is 274 g/mol. The summed E-state index contributed by atoms with van der Waals surface area (Å²) in [6.45, 7) is 2.24. The standard InChI is InChI=1S/C19H27NO2/c1-14-13-17(14)18-11-9-16(22-18)10-12-19(21)20(2)15-7-5-3-4-6-8-15/h9-12,14-15,17H,3-8,13H2,1-2H3/b12-10+. The summed E-state index contributed by atoms with van der Waals surface area (Å²) < 4.78 is 5.82. The summed E-state index contributed by atoms with van der Waals surface area (Å²) in [4.78, 5) is 14.2. The molecule has 3 nitrogen and oxygen atoms in total. The number of hydrogen-bond donors (Lipinski definition) is 0. The van der Waals surface area contributed by atoms with E-state index in [0.717, 1.165) is 30.3 Å². The molecule has 0 N–H and O–H groups in total. The molecule has 2 saturated carbocycles. The minimum atomic E-state index is 0.0876. The highest BCUT2D eigenvalue weighted by molar-refractivity contribution is 5.91. The van der Waals surface area contributed by atoms with Crippen molar-refractivity contribution in [1.82, 2.24) is 4.90 Å². The molecule has 1 aromatic rings. The summed E-state index contributed by atoms with van der Waals surface area (Å²) in [5, 5.41) is 0. The van der Waals surface area contributed by atoms with Crippen LogP contribution in [0.15, 0.2) is 22.6 Å². The third-order valence-electron chi connectivity index (χ3n) is 5.23. The zero-order valence-corrected chi connectivity index (χ0v) is 13.8. The third kappa shape index (κ3) is 3.63. The Balaban J connectivity index is 1.56. The van der Waals surface area contributed by atoms with E-state index in [1.165, 1.54) is 32.1 Å². The van der Waals surface area contributed by atoms with Gasteiger partial charge in [0.15, 0.2) is 0 Å². The van der Waals surface area contributed by atoms with Crippen LogP contribution in [0.5, 0.6) is 0 Å². The van der Waals surface area contributed by atoms with Gasteiger partial charge in [-0.3, -0.25) is 4.79 Å². The van der Waals surface area contributed by atoms with E-state index < -0.39 is 0 Å². The van der Waals surface area contributed by atoms with Crippen LogP contribution < -0.4 is 0 Å². The van der Waals surface area contributed by atoms with E-state index in [1.807, 2.05) is 30.2 Å². The zero-order valence-electron chi connectivity index (χ0n) is 13.8. The second-order valence-corrected chi connectivity index (χ2v) is 6.99. The van der Waals surface area contributed by atoms with Crippen molar-refractivity contribution in [2.75, 3.05) is 7.05 Å². The minimum absolute atomic E-state index is 0.0876. The molecule has 3 heteroatoms. The first kappa shape index (κ1) is 15.4. The maximum Gasteiger partial charge on any atom is 0.246 e. The number of hydrogen-bond acceptors (Lipinski definition) is 2. The van der Waals surface area contributed by atoms with Gasteiger partial charge in [-0.05, 0) is 43.4 Å². The molecule has 0 aliphatic heterocycles. The molecule has 2 aliphatic rings. The quantitative estimate of drug-likeness (QED) is 0.601. The number of likely N-dealkylation sites (N-methyl/N-ethyl adjacent to an activating group) is 1. The summed E-state index contributed by atoms with van der Waals surface area (Å²) >= 11 is 0. The largest absolute Gasteiger partial charge is 0.461 e. The molecule has 1 amide bonds. The second kappa shape index (κ2) is 6.72.